The van der Waals surface area contributed by atoms with E-state index in [1.807, 2.05) is 13.8 Å². The lowest BCUT2D eigenvalue weighted by molar-refractivity contribution is -0.148. The molecule has 0 aliphatic heterocycles. The molecule has 1 amide bonds. The summed E-state index contributed by atoms with van der Waals surface area (Å²) in [5.41, 5.74) is 0. The molecule has 0 aromatic carbocycles. The zero-order valence-electron chi connectivity index (χ0n) is 8.67. The normalized spacial score (nSPS) is 12.4. The first-order valence-electron chi connectivity index (χ1n) is 4.54. The first-order valence-corrected chi connectivity index (χ1v) is 5.08. The van der Waals surface area contributed by atoms with Crippen LogP contribution in [-0.4, -0.2) is 30.4 Å². The Hall–Kier alpha value is -0.770. The molecule has 0 heterocycles. The van der Waals surface area contributed by atoms with Crippen LogP contribution in [0.2, 0.25) is 0 Å². The summed E-state index contributed by atoms with van der Waals surface area (Å²) in [7, 11) is 0. The number of esters is 1. The van der Waals surface area contributed by atoms with Crippen LogP contribution in [0, 0.1) is 5.92 Å². The van der Waals surface area contributed by atoms with Gasteiger partial charge >= 0.3 is 5.97 Å². The summed E-state index contributed by atoms with van der Waals surface area (Å²) in [5, 5.41) is 2.51. The van der Waals surface area contributed by atoms with Crippen molar-refractivity contribution in [3.63, 3.8) is 0 Å². The Morgan fingerprint density at radius 3 is 2.36 bits per heavy atom. The van der Waals surface area contributed by atoms with Crippen LogP contribution in [0.1, 0.15) is 20.8 Å². The molecule has 0 bridgehead atoms. The monoisotopic (exact) mass is 221 g/mol. The summed E-state index contributed by atoms with van der Waals surface area (Å²) in [6.07, 6.45) is 0. The predicted octanol–water partition coefficient (Wildman–Crippen LogP) is 0.929. The lowest BCUT2D eigenvalue weighted by atomic mass is 10.0. The summed E-state index contributed by atoms with van der Waals surface area (Å²) < 4.78 is 4.81. The van der Waals surface area contributed by atoms with E-state index in [4.69, 9.17) is 16.3 Å². The summed E-state index contributed by atoms with van der Waals surface area (Å²) in [4.78, 5) is 22.3. The maximum atomic E-state index is 11.4. The molecular weight excluding hydrogens is 206 g/mol. The molecule has 0 rings (SSSR count). The van der Waals surface area contributed by atoms with Gasteiger partial charge in [-0.1, -0.05) is 13.8 Å². The van der Waals surface area contributed by atoms with Gasteiger partial charge in [-0.3, -0.25) is 4.79 Å². The quantitative estimate of drug-likeness (QED) is 0.555. The minimum Gasteiger partial charge on any atom is -0.464 e. The highest BCUT2D eigenvalue weighted by Gasteiger charge is 2.24. The van der Waals surface area contributed by atoms with Crippen molar-refractivity contribution in [3.05, 3.63) is 0 Å². The van der Waals surface area contributed by atoms with E-state index in [0.717, 1.165) is 0 Å². The van der Waals surface area contributed by atoms with Crippen LogP contribution in [0.5, 0.6) is 0 Å². The Bertz CT molecular complexity index is 206. The molecule has 0 spiro atoms. The Kier molecular flexibility index (Phi) is 6.28. The van der Waals surface area contributed by atoms with Crippen molar-refractivity contribution >= 4 is 23.5 Å². The van der Waals surface area contributed by atoms with Gasteiger partial charge in [-0.05, 0) is 12.8 Å². The number of nitrogens with one attached hydrogen (secondary N) is 1. The number of ether oxygens (including phenoxy) is 1. The molecule has 1 N–H and O–H groups in total. The maximum absolute atomic E-state index is 11.4. The molecule has 0 unspecified atom stereocenters. The molecule has 0 aliphatic rings. The van der Waals surface area contributed by atoms with Crippen LogP contribution in [0.25, 0.3) is 0 Å². The van der Waals surface area contributed by atoms with Crippen molar-refractivity contribution in [3.8, 4) is 0 Å². The first-order chi connectivity index (χ1) is 6.52. The van der Waals surface area contributed by atoms with Crippen molar-refractivity contribution in [1.29, 1.82) is 0 Å². The fourth-order valence-electron chi connectivity index (χ4n) is 0.942. The number of hydrogen-bond acceptors (Lipinski definition) is 3. The number of carbonyl (C=O) groups excluding carboxylic acids is 2. The SMILES string of the molecule is CCOC(=O)[C@@H](NC(=O)CCl)C(C)C. The van der Waals surface area contributed by atoms with E-state index in [2.05, 4.69) is 5.32 Å². The highest BCUT2D eigenvalue weighted by molar-refractivity contribution is 6.27. The van der Waals surface area contributed by atoms with Gasteiger partial charge in [0.25, 0.3) is 0 Å². The molecular formula is C9H16ClNO3. The fraction of sp³-hybridized carbons (Fsp3) is 0.778. The van der Waals surface area contributed by atoms with Crippen molar-refractivity contribution in [1.82, 2.24) is 5.32 Å². The molecule has 0 saturated carbocycles. The van der Waals surface area contributed by atoms with E-state index in [-0.39, 0.29) is 17.7 Å². The lowest BCUT2D eigenvalue weighted by Crippen LogP contribution is -2.45. The molecule has 82 valence electrons. The molecule has 14 heavy (non-hydrogen) atoms. The summed E-state index contributed by atoms with van der Waals surface area (Å²) in [6, 6.07) is -0.610. The van der Waals surface area contributed by atoms with Crippen LogP contribution >= 0.6 is 11.6 Å². The van der Waals surface area contributed by atoms with Gasteiger partial charge in [-0.2, -0.15) is 0 Å². The van der Waals surface area contributed by atoms with Gasteiger partial charge in [0.2, 0.25) is 5.91 Å². The molecule has 0 radical (unpaired) electrons. The maximum Gasteiger partial charge on any atom is 0.328 e. The highest BCUT2D eigenvalue weighted by atomic mass is 35.5. The molecule has 1 atom stereocenters. The van der Waals surface area contributed by atoms with Gasteiger partial charge in [0.05, 0.1) is 6.61 Å². The number of carbonyl (C=O) groups is 2. The van der Waals surface area contributed by atoms with Crippen molar-refractivity contribution in [2.75, 3.05) is 12.5 Å². The topological polar surface area (TPSA) is 55.4 Å². The van der Waals surface area contributed by atoms with Crippen LogP contribution in [0.3, 0.4) is 0 Å². The van der Waals surface area contributed by atoms with Crippen LogP contribution in [0.4, 0.5) is 0 Å². The molecule has 5 heteroatoms. The second kappa shape index (κ2) is 6.65. The average molecular weight is 222 g/mol. The highest BCUT2D eigenvalue weighted by Crippen LogP contribution is 2.04. The van der Waals surface area contributed by atoms with E-state index >= 15 is 0 Å². The third-order valence-corrected chi connectivity index (χ3v) is 1.89. The number of halogens is 1. The van der Waals surface area contributed by atoms with Crippen molar-refractivity contribution in [2.45, 2.75) is 26.8 Å². The standard InChI is InChI=1S/C9H16ClNO3/c1-4-14-9(13)8(6(2)3)11-7(12)5-10/h6,8H,4-5H2,1-3H3,(H,11,12)/t8-/m0/s1. The number of hydrogen-bond donors (Lipinski definition) is 1. The zero-order chi connectivity index (χ0) is 11.1. The zero-order valence-corrected chi connectivity index (χ0v) is 9.43. The largest absolute Gasteiger partial charge is 0.464 e. The third kappa shape index (κ3) is 4.46. The first kappa shape index (κ1) is 13.2. The molecule has 0 fully saturated rings. The van der Waals surface area contributed by atoms with Gasteiger partial charge < -0.3 is 10.1 Å². The second-order valence-corrected chi connectivity index (χ2v) is 3.44. The Balaban J connectivity index is 4.29. The fourth-order valence-corrected chi connectivity index (χ4v) is 1.02. The predicted molar refractivity (Wildman–Crippen MR) is 54.1 cm³/mol. The number of alkyl halides is 1. The molecule has 4 nitrogen and oxygen atoms in total. The minimum absolute atomic E-state index is 0.0128. The molecule has 0 aromatic heterocycles. The second-order valence-electron chi connectivity index (χ2n) is 3.17. The van der Waals surface area contributed by atoms with E-state index in [9.17, 15) is 9.59 Å². The van der Waals surface area contributed by atoms with E-state index in [1.165, 1.54) is 0 Å². The van der Waals surface area contributed by atoms with E-state index in [1.54, 1.807) is 6.92 Å². The summed E-state index contributed by atoms with van der Waals surface area (Å²) in [6.45, 7) is 5.68. The van der Waals surface area contributed by atoms with Crippen molar-refractivity contribution in [2.24, 2.45) is 5.92 Å². The lowest BCUT2D eigenvalue weighted by Gasteiger charge is -2.19. The molecule has 0 aliphatic carbocycles. The van der Waals surface area contributed by atoms with Gasteiger partial charge in [0.1, 0.15) is 11.9 Å². The number of amides is 1. The number of rotatable bonds is 5. The Labute approximate surface area is 88.9 Å². The van der Waals surface area contributed by atoms with Crippen molar-refractivity contribution < 1.29 is 14.3 Å². The van der Waals surface area contributed by atoms with E-state index in [0.29, 0.717) is 6.61 Å². The van der Waals surface area contributed by atoms with Gasteiger partial charge in [0, 0.05) is 0 Å². The van der Waals surface area contributed by atoms with Gasteiger partial charge in [0.15, 0.2) is 0 Å². The van der Waals surface area contributed by atoms with Crippen LogP contribution in [-0.2, 0) is 14.3 Å². The molecule has 0 aromatic rings. The van der Waals surface area contributed by atoms with E-state index < -0.39 is 12.0 Å². The van der Waals surface area contributed by atoms with Crippen LogP contribution in [0.15, 0.2) is 0 Å². The van der Waals surface area contributed by atoms with Gasteiger partial charge in [-0.25, -0.2) is 4.79 Å². The average Bonchev–Trinajstić information content (AvgIpc) is 2.13. The van der Waals surface area contributed by atoms with Gasteiger partial charge in [-0.15, -0.1) is 11.6 Å². The minimum atomic E-state index is -0.610. The molecule has 0 saturated heterocycles. The Morgan fingerprint density at radius 1 is 1.43 bits per heavy atom. The van der Waals surface area contributed by atoms with Crippen LogP contribution < -0.4 is 5.32 Å². The summed E-state index contributed by atoms with van der Waals surface area (Å²) >= 11 is 5.32. The smallest absolute Gasteiger partial charge is 0.328 e. The summed E-state index contributed by atoms with van der Waals surface area (Å²) in [5.74, 6) is -0.941. The third-order valence-electron chi connectivity index (χ3n) is 1.65. The Morgan fingerprint density at radius 2 is 2.00 bits per heavy atom.